The zero-order chi connectivity index (χ0) is 25.3. The van der Waals surface area contributed by atoms with Crippen molar-refractivity contribution in [1.82, 2.24) is 9.21 Å². The number of thiophene rings is 2. The molecule has 2 aromatic rings. The van der Waals surface area contributed by atoms with Gasteiger partial charge in [-0.25, -0.2) is 13.2 Å². The van der Waals surface area contributed by atoms with E-state index in [-0.39, 0.29) is 41.9 Å². The fraction of sp³-hybridized carbons (Fsp3) is 0.476. The number of ether oxygens (including phenoxy) is 1. The largest absolute Gasteiger partial charge is 0.450 e. The molecule has 2 aliphatic heterocycles. The van der Waals surface area contributed by atoms with Crippen molar-refractivity contribution in [2.75, 3.05) is 31.6 Å². The van der Waals surface area contributed by atoms with Crippen molar-refractivity contribution >= 4 is 67.2 Å². The Hall–Kier alpha value is -2.19. The SMILES string of the molecule is CCOC(=O)N1CCc2c(sc(NC(=O)C3CCN(S(=O)(=O)c4ccc(Cl)s4)CC3)c2C(N)=O)C1. The van der Waals surface area contributed by atoms with Crippen molar-refractivity contribution in [2.24, 2.45) is 11.7 Å². The van der Waals surface area contributed by atoms with Crippen LogP contribution < -0.4 is 11.1 Å². The van der Waals surface area contributed by atoms with E-state index >= 15 is 0 Å². The predicted octanol–water partition coefficient (Wildman–Crippen LogP) is 3.12. The standard InChI is InChI=1S/C21H25ClN4O6S3/c1-2-32-21(29)25-8-7-13-14(11-25)33-20(17(13)18(23)27)24-19(28)12-5-9-26(10-6-12)35(30,31)16-4-3-15(22)34-16/h3-4,12H,2,5-11H2,1H3,(H2,23,27)(H,24,28). The van der Waals surface area contributed by atoms with Crippen molar-refractivity contribution in [2.45, 2.75) is 36.9 Å². The van der Waals surface area contributed by atoms with Gasteiger partial charge in [0.1, 0.15) is 9.21 Å². The number of nitrogens with zero attached hydrogens (tertiary/aromatic N) is 2. The van der Waals surface area contributed by atoms with Gasteiger partial charge in [0, 0.05) is 30.4 Å². The Kier molecular flexibility index (Phi) is 7.71. The van der Waals surface area contributed by atoms with Crippen LogP contribution in [0, 0.1) is 5.92 Å². The third-order valence-electron chi connectivity index (χ3n) is 6.03. The number of hydrogen-bond donors (Lipinski definition) is 2. The lowest BCUT2D eigenvalue weighted by Crippen LogP contribution is -2.41. The monoisotopic (exact) mass is 560 g/mol. The van der Waals surface area contributed by atoms with E-state index in [1.165, 1.54) is 21.7 Å². The summed E-state index contributed by atoms with van der Waals surface area (Å²) in [5.74, 6) is -1.34. The molecule has 1 fully saturated rings. The molecule has 4 heterocycles. The Balaban J connectivity index is 1.43. The summed E-state index contributed by atoms with van der Waals surface area (Å²) in [6.45, 7) is 3.06. The Morgan fingerprint density at radius 1 is 1.20 bits per heavy atom. The first kappa shape index (κ1) is 25.9. The molecule has 2 aromatic heterocycles. The summed E-state index contributed by atoms with van der Waals surface area (Å²) in [6.07, 6.45) is 0.696. The molecule has 35 heavy (non-hydrogen) atoms. The van der Waals surface area contributed by atoms with Gasteiger partial charge in [0.2, 0.25) is 5.91 Å². The van der Waals surface area contributed by atoms with Gasteiger partial charge in [0.05, 0.1) is 23.1 Å². The second-order valence-corrected chi connectivity index (χ2v) is 13.2. The third kappa shape index (κ3) is 5.33. The number of halogens is 1. The van der Waals surface area contributed by atoms with Gasteiger partial charge in [-0.2, -0.15) is 4.31 Å². The molecule has 0 atom stereocenters. The summed E-state index contributed by atoms with van der Waals surface area (Å²) in [7, 11) is -3.65. The van der Waals surface area contributed by atoms with E-state index in [1.807, 2.05) is 0 Å². The van der Waals surface area contributed by atoms with Gasteiger partial charge in [-0.3, -0.25) is 9.59 Å². The van der Waals surface area contributed by atoms with Crippen LogP contribution in [0.25, 0.3) is 0 Å². The normalized spacial score (nSPS) is 17.1. The Morgan fingerprint density at radius 3 is 2.51 bits per heavy atom. The number of hydrogen-bond acceptors (Lipinski definition) is 8. The lowest BCUT2D eigenvalue weighted by atomic mass is 9.97. The van der Waals surface area contributed by atoms with Crippen molar-refractivity contribution in [1.29, 1.82) is 0 Å². The molecule has 3 N–H and O–H groups in total. The number of carbonyl (C=O) groups is 3. The number of nitrogens with two attached hydrogens (primary N) is 1. The maximum atomic E-state index is 13.0. The zero-order valence-corrected chi connectivity index (χ0v) is 22.1. The van der Waals surface area contributed by atoms with Crippen molar-refractivity contribution in [3.63, 3.8) is 0 Å². The zero-order valence-electron chi connectivity index (χ0n) is 18.9. The van der Waals surface area contributed by atoms with E-state index in [4.69, 9.17) is 22.1 Å². The molecule has 0 radical (unpaired) electrons. The molecule has 4 rings (SSSR count). The van der Waals surface area contributed by atoms with Crippen LogP contribution in [-0.2, 0) is 32.5 Å². The van der Waals surface area contributed by atoms with Crippen LogP contribution in [0.15, 0.2) is 16.3 Å². The van der Waals surface area contributed by atoms with Crippen molar-refractivity contribution in [3.8, 4) is 0 Å². The van der Waals surface area contributed by atoms with Crippen LogP contribution in [0.1, 0.15) is 40.6 Å². The lowest BCUT2D eigenvalue weighted by molar-refractivity contribution is -0.120. The summed E-state index contributed by atoms with van der Waals surface area (Å²) < 4.78 is 32.6. The Bertz CT molecular complexity index is 1250. The van der Waals surface area contributed by atoms with Crippen LogP contribution in [-0.4, -0.2) is 61.8 Å². The molecular weight excluding hydrogens is 536 g/mol. The smallest absolute Gasteiger partial charge is 0.410 e. The third-order valence-corrected chi connectivity index (χ3v) is 10.8. The molecule has 10 nitrogen and oxygen atoms in total. The van der Waals surface area contributed by atoms with Crippen LogP contribution >= 0.6 is 34.3 Å². The summed E-state index contributed by atoms with van der Waals surface area (Å²) in [5.41, 5.74) is 6.65. The molecule has 14 heteroatoms. The fourth-order valence-corrected chi connectivity index (χ4v) is 8.64. The first-order chi connectivity index (χ1) is 16.6. The van der Waals surface area contributed by atoms with Gasteiger partial charge in [0.15, 0.2) is 0 Å². The number of piperidine rings is 1. The highest BCUT2D eigenvalue weighted by atomic mass is 35.5. The average Bonchev–Trinajstić information content (AvgIpc) is 3.42. The molecule has 0 aromatic carbocycles. The second-order valence-electron chi connectivity index (χ2n) is 8.17. The Labute approximate surface area is 216 Å². The van der Waals surface area contributed by atoms with Crippen LogP contribution in [0.5, 0.6) is 0 Å². The molecule has 190 valence electrons. The van der Waals surface area contributed by atoms with E-state index in [9.17, 15) is 22.8 Å². The highest BCUT2D eigenvalue weighted by Crippen LogP contribution is 2.38. The fourth-order valence-electron chi connectivity index (χ4n) is 4.26. The molecule has 1 saturated heterocycles. The first-order valence-corrected chi connectivity index (χ1v) is 14.5. The van der Waals surface area contributed by atoms with Gasteiger partial charge < -0.3 is 20.7 Å². The van der Waals surface area contributed by atoms with Crippen LogP contribution in [0.2, 0.25) is 4.34 Å². The van der Waals surface area contributed by atoms with Gasteiger partial charge in [-0.1, -0.05) is 11.6 Å². The van der Waals surface area contributed by atoms with Crippen molar-refractivity contribution in [3.05, 3.63) is 32.5 Å². The summed E-state index contributed by atoms with van der Waals surface area (Å²) >= 11 is 8.11. The number of nitrogens with one attached hydrogen (secondary N) is 1. The molecule has 3 amide bonds. The van der Waals surface area contributed by atoms with Crippen LogP contribution in [0.3, 0.4) is 0 Å². The molecule has 0 bridgehead atoms. The number of fused-ring (bicyclic) bond motifs is 1. The molecule has 0 aliphatic carbocycles. The Morgan fingerprint density at radius 2 is 1.91 bits per heavy atom. The summed E-state index contributed by atoms with van der Waals surface area (Å²) in [6, 6.07) is 3.02. The summed E-state index contributed by atoms with van der Waals surface area (Å²) in [4.78, 5) is 39.7. The van der Waals surface area contributed by atoms with E-state index in [0.717, 1.165) is 21.8 Å². The molecule has 0 unspecified atom stereocenters. The predicted molar refractivity (Wildman–Crippen MR) is 133 cm³/mol. The molecule has 2 aliphatic rings. The number of rotatable bonds is 6. The highest BCUT2D eigenvalue weighted by molar-refractivity contribution is 7.91. The summed E-state index contributed by atoms with van der Waals surface area (Å²) in [5, 5.41) is 3.20. The topological polar surface area (TPSA) is 139 Å². The van der Waals surface area contributed by atoms with Gasteiger partial charge in [0.25, 0.3) is 15.9 Å². The molecule has 0 spiro atoms. The molecule has 0 saturated carbocycles. The average molecular weight is 561 g/mol. The number of amides is 3. The number of carbonyl (C=O) groups excluding carboxylic acids is 3. The minimum atomic E-state index is -3.65. The van der Waals surface area contributed by atoms with Gasteiger partial charge in [-0.05, 0) is 43.9 Å². The second kappa shape index (κ2) is 10.4. The number of primary amides is 1. The highest BCUT2D eigenvalue weighted by Gasteiger charge is 2.35. The quantitative estimate of drug-likeness (QED) is 0.556. The number of anilines is 1. The minimum Gasteiger partial charge on any atom is -0.450 e. The lowest BCUT2D eigenvalue weighted by Gasteiger charge is -2.30. The van der Waals surface area contributed by atoms with E-state index in [2.05, 4.69) is 5.32 Å². The van der Waals surface area contributed by atoms with E-state index in [1.54, 1.807) is 17.9 Å². The maximum absolute atomic E-state index is 13.0. The number of sulfonamides is 1. The molecular formula is C21H25ClN4O6S3. The van der Waals surface area contributed by atoms with Gasteiger partial charge in [-0.15, -0.1) is 22.7 Å². The maximum Gasteiger partial charge on any atom is 0.410 e. The van der Waals surface area contributed by atoms with E-state index < -0.39 is 27.9 Å². The van der Waals surface area contributed by atoms with Gasteiger partial charge >= 0.3 is 6.09 Å². The van der Waals surface area contributed by atoms with Crippen molar-refractivity contribution < 1.29 is 27.5 Å². The minimum absolute atomic E-state index is 0.178. The van der Waals surface area contributed by atoms with E-state index in [0.29, 0.717) is 35.1 Å². The first-order valence-electron chi connectivity index (χ1n) is 11.0. The van der Waals surface area contributed by atoms with Crippen LogP contribution in [0.4, 0.5) is 9.80 Å².